The number of ether oxygens (including phenoxy) is 2. The predicted octanol–water partition coefficient (Wildman–Crippen LogP) is 3.23. The number of hydrazone groups is 1. The van der Waals surface area contributed by atoms with E-state index in [0.29, 0.717) is 18.3 Å². The fourth-order valence-electron chi connectivity index (χ4n) is 2.20. The van der Waals surface area contributed by atoms with Crippen molar-refractivity contribution in [3.8, 4) is 11.5 Å². The smallest absolute Gasteiger partial charge is 0.186 e. The highest BCUT2D eigenvalue weighted by molar-refractivity contribution is 7.80. The Hall–Kier alpha value is -1.82. The van der Waals surface area contributed by atoms with Gasteiger partial charge in [-0.3, -0.25) is 5.43 Å². The van der Waals surface area contributed by atoms with E-state index in [2.05, 4.69) is 22.8 Å². The molecule has 6 heteroatoms. The van der Waals surface area contributed by atoms with Gasteiger partial charge in [0.05, 0.1) is 18.9 Å². The SMILES string of the molecule is CCCCCNC(=S)N/N=C(/C)c1ccc2c(c1)OCCCO2. The van der Waals surface area contributed by atoms with E-state index < -0.39 is 0 Å². The number of unbranched alkanes of at least 4 members (excludes halogenated alkanes) is 2. The van der Waals surface area contributed by atoms with Crippen molar-refractivity contribution < 1.29 is 9.47 Å². The summed E-state index contributed by atoms with van der Waals surface area (Å²) in [5.41, 5.74) is 4.71. The summed E-state index contributed by atoms with van der Waals surface area (Å²) in [4.78, 5) is 0. The zero-order valence-corrected chi connectivity index (χ0v) is 14.7. The number of benzene rings is 1. The van der Waals surface area contributed by atoms with Crippen LogP contribution in [0, 0.1) is 0 Å². The van der Waals surface area contributed by atoms with Crippen molar-refractivity contribution in [2.24, 2.45) is 5.10 Å². The van der Waals surface area contributed by atoms with Crippen LogP contribution in [0.4, 0.5) is 0 Å². The molecular formula is C17H25N3O2S. The first-order valence-corrected chi connectivity index (χ1v) is 8.59. The third kappa shape index (κ3) is 5.71. The average molecular weight is 335 g/mol. The fourth-order valence-corrected chi connectivity index (χ4v) is 2.35. The molecule has 5 nitrogen and oxygen atoms in total. The van der Waals surface area contributed by atoms with Gasteiger partial charge in [-0.25, -0.2) is 0 Å². The minimum Gasteiger partial charge on any atom is -0.490 e. The summed E-state index contributed by atoms with van der Waals surface area (Å²) in [6, 6.07) is 5.86. The van der Waals surface area contributed by atoms with Gasteiger partial charge in [-0.05, 0) is 43.8 Å². The summed E-state index contributed by atoms with van der Waals surface area (Å²) in [6.45, 7) is 6.36. The second kappa shape index (κ2) is 9.35. The van der Waals surface area contributed by atoms with Crippen molar-refractivity contribution >= 4 is 23.0 Å². The van der Waals surface area contributed by atoms with Crippen LogP contribution in [0.3, 0.4) is 0 Å². The summed E-state index contributed by atoms with van der Waals surface area (Å²) in [6.07, 6.45) is 4.41. The lowest BCUT2D eigenvalue weighted by molar-refractivity contribution is 0.297. The molecule has 0 saturated carbocycles. The molecule has 2 rings (SSSR count). The predicted molar refractivity (Wildman–Crippen MR) is 97.5 cm³/mol. The lowest BCUT2D eigenvalue weighted by Crippen LogP contribution is -2.33. The Labute approximate surface area is 143 Å². The zero-order valence-electron chi connectivity index (χ0n) is 13.9. The van der Waals surface area contributed by atoms with E-state index in [9.17, 15) is 0 Å². The van der Waals surface area contributed by atoms with Crippen LogP contribution >= 0.6 is 12.2 Å². The Morgan fingerprint density at radius 3 is 2.78 bits per heavy atom. The monoisotopic (exact) mass is 335 g/mol. The maximum absolute atomic E-state index is 5.70. The third-order valence-electron chi connectivity index (χ3n) is 3.56. The van der Waals surface area contributed by atoms with Crippen molar-refractivity contribution in [3.05, 3.63) is 23.8 Å². The number of rotatable bonds is 6. The van der Waals surface area contributed by atoms with Crippen LogP contribution in [0.5, 0.6) is 11.5 Å². The summed E-state index contributed by atoms with van der Waals surface area (Å²) in [5.74, 6) is 1.56. The number of fused-ring (bicyclic) bond motifs is 1. The standard InChI is InChI=1S/C17H25N3O2S/c1-3-4-5-9-18-17(23)20-19-13(2)14-7-8-15-16(12-14)22-11-6-10-21-15/h7-8,12H,3-6,9-11H2,1-2H3,(H2,18,20,23)/b19-13-. The Kier molecular flexibility index (Phi) is 7.13. The van der Waals surface area contributed by atoms with Gasteiger partial charge < -0.3 is 14.8 Å². The topological polar surface area (TPSA) is 54.9 Å². The molecule has 0 radical (unpaired) electrons. The van der Waals surface area contributed by atoms with Crippen LogP contribution in [-0.4, -0.2) is 30.6 Å². The minimum absolute atomic E-state index is 0.551. The van der Waals surface area contributed by atoms with Crippen molar-refractivity contribution in [1.82, 2.24) is 10.7 Å². The zero-order chi connectivity index (χ0) is 16.5. The second-order valence-corrected chi connectivity index (χ2v) is 5.89. The molecule has 2 N–H and O–H groups in total. The van der Waals surface area contributed by atoms with Gasteiger partial charge in [-0.15, -0.1) is 0 Å². The van der Waals surface area contributed by atoms with Gasteiger partial charge in [-0.1, -0.05) is 19.8 Å². The molecular weight excluding hydrogens is 310 g/mol. The molecule has 1 aromatic rings. The molecule has 0 unspecified atom stereocenters. The Morgan fingerprint density at radius 2 is 2.00 bits per heavy atom. The van der Waals surface area contributed by atoms with E-state index >= 15 is 0 Å². The fraction of sp³-hybridized carbons (Fsp3) is 0.529. The summed E-state index contributed by atoms with van der Waals surface area (Å²) in [5, 5.41) is 8.03. The highest BCUT2D eigenvalue weighted by Gasteiger charge is 2.11. The lowest BCUT2D eigenvalue weighted by atomic mass is 10.1. The molecule has 0 spiro atoms. The van der Waals surface area contributed by atoms with Crippen LogP contribution in [0.2, 0.25) is 0 Å². The van der Waals surface area contributed by atoms with Crippen LogP contribution in [-0.2, 0) is 0 Å². The highest BCUT2D eigenvalue weighted by Crippen LogP contribution is 2.30. The van der Waals surface area contributed by atoms with E-state index in [1.807, 2.05) is 25.1 Å². The molecule has 1 aliphatic rings. The van der Waals surface area contributed by atoms with Gasteiger partial charge in [0.15, 0.2) is 16.6 Å². The van der Waals surface area contributed by atoms with E-state index in [-0.39, 0.29) is 0 Å². The third-order valence-corrected chi connectivity index (χ3v) is 3.79. The van der Waals surface area contributed by atoms with Gasteiger partial charge in [0.1, 0.15) is 0 Å². The molecule has 126 valence electrons. The molecule has 0 atom stereocenters. The highest BCUT2D eigenvalue weighted by atomic mass is 32.1. The van der Waals surface area contributed by atoms with Gasteiger partial charge >= 0.3 is 0 Å². The van der Waals surface area contributed by atoms with E-state index in [0.717, 1.165) is 42.2 Å². The molecule has 0 amide bonds. The maximum Gasteiger partial charge on any atom is 0.186 e. The molecule has 0 saturated heterocycles. The molecule has 1 aromatic carbocycles. The second-order valence-electron chi connectivity index (χ2n) is 5.48. The summed E-state index contributed by atoms with van der Waals surface area (Å²) < 4.78 is 11.3. The summed E-state index contributed by atoms with van der Waals surface area (Å²) in [7, 11) is 0. The molecule has 0 fully saturated rings. The van der Waals surface area contributed by atoms with E-state index in [1.165, 1.54) is 12.8 Å². The Morgan fingerprint density at radius 1 is 1.22 bits per heavy atom. The largest absolute Gasteiger partial charge is 0.490 e. The van der Waals surface area contributed by atoms with Crippen LogP contribution in [0.25, 0.3) is 0 Å². The van der Waals surface area contributed by atoms with E-state index in [4.69, 9.17) is 21.7 Å². The van der Waals surface area contributed by atoms with Gasteiger partial charge in [-0.2, -0.15) is 5.10 Å². The van der Waals surface area contributed by atoms with Gasteiger partial charge in [0.25, 0.3) is 0 Å². The number of nitrogens with zero attached hydrogens (tertiary/aromatic N) is 1. The number of hydrogen-bond donors (Lipinski definition) is 2. The molecule has 0 aromatic heterocycles. The molecule has 0 bridgehead atoms. The van der Waals surface area contributed by atoms with Crippen molar-refractivity contribution in [2.75, 3.05) is 19.8 Å². The Bertz CT molecular complexity index is 561. The quantitative estimate of drug-likeness (QED) is 0.362. The average Bonchev–Trinajstić information content (AvgIpc) is 2.81. The first-order valence-electron chi connectivity index (χ1n) is 8.19. The lowest BCUT2D eigenvalue weighted by Gasteiger charge is -2.10. The first kappa shape index (κ1) is 17.5. The molecule has 23 heavy (non-hydrogen) atoms. The number of thiocarbonyl (C=S) groups is 1. The van der Waals surface area contributed by atoms with Gasteiger partial charge in [0.2, 0.25) is 0 Å². The molecule has 0 aliphatic carbocycles. The van der Waals surface area contributed by atoms with E-state index in [1.54, 1.807) is 0 Å². The van der Waals surface area contributed by atoms with Crippen molar-refractivity contribution in [2.45, 2.75) is 39.5 Å². The molecule has 1 heterocycles. The number of nitrogens with one attached hydrogen (secondary N) is 2. The normalized spacial score (nSPS) is 14.1. The van der Waals surface area contributed by atoms with Gasteiger partial charge in [0, 0.05) is 18.5 Å². The molecule has 1 aliphatic heterocycles. The Balaban J connectivity index is 1.90. The van der Waals surface area contributed by atoms with Crippen LogP contribution in [0.1, 0.15) is 45.1 Å². The van der Waals surface area contributed by atoms with Crippen LogP contribution in [0.15, 0.2) is 23.3 Å². The number of hydrogen-bond acceptors (Lipinski definition) is 4. The summed E-state index contributed by atoms with van der Waals surface area (Å²) >= 11 is 5.21. The first-order chi connectivity index (χ1) is 11.2. The van der Waals surface area contributed by atoms with Crippen molar-refractivity contribution in [1.29, 1.82) is 0 Å². The van der Waals surface area contributed by atoms with Crippen LogP contribution < -0.4 is 20.2 Å². The minimum atomic E-state index is 0.551. The maximum atomic E-state index is 5.70. The van der Waals surface area contributed by atoms with Crippen molar-refractivity contribution in [3.63, 3.8) is 0 Å².